The highest BCUT2D eigenvalue weighted by atomic mass is 16.5. The van der Waals surface area contributed by atoms with E-state index in [1.54, 1.807) is 43.5 Å². The zero-order valence-electron chi connectivity index (χ0n) is 17.9. The van der Waals surface area contributed by atoms with Gasteiger partial charge in [0, 0.05) is 5.56 Å². The van der Waals surface area contributed by atoms with Gasteiger partial charge in [0.2, 0.25) is 5.89 Å². The van der Waals surface area contributed by atoms with Gasteiger partial charge in [0.05, 0.1) is 30.5 Å². The van der Waals surface area contributed by atoms with Gasteiger partial charge in [0.25, 0.3) is 11.8 Å². The predicted molar refractivity (Wildman–Crippen MR) is 120 cm³/mol. The number of imide groups is 1. The minimum atomic E-state index is -0.332. The number of ether oxygens (including phenoxy) is 2. The molecule has 0 spiro atoms. The average molecular weight is 440 g/mol. The summed E-state index contributed by atoms with van der Waals surface area (Å²) in [7, 11) is 1.58. The number of rotatable bonds is 7. The summed E-state index contributed by atoms with van der Waals surface area (Å²) in [6.07, 6.45) is 1.45. The Balaban J connectivity index is 1.34. The third-order valence-corrected chi connectivity index (χ3v) is 5.40. The number of carbonyl (C=O) groups is 2. The van der Waals surface area contributed by atoms with Gasteiger partial charge in [-0.25, -0.2) is 4.98 Å². The lowest BCUT2D eigenvalue weighted by atomic mass is 10.1. The van der Waals surface area contributed by atoms with Crippen molar-refractivity contribution in [2.24, 2.45) is 0 Å². The van der Waals surface area contributed by atoms with Crippen LogP contribution in [0.15, 0.2) is 83.5 Å². The summed E-state index contributed by atoms with van der Waals surface area (Å²) in [5.74, 6) is 0.836. The van der Waals surface area contributed by atoms with Crippen molar-refractivity contribution >= 4 is 11.8 Å². The second kappa shape index (κ2) is 8.63. The predicted octanol–water partition coefficient (Wildman–Crippen LogP) is 4.73. The summed E-state index contributed by atoms with van der Waals surface area (Å²) in [5.41, 5.74) is 3.00. The van der Waals surface area contributed by atoms with Crippen molar-refractivity contribution in [1.82, 2.24) is 9.88 Å². The van der Waals surface area contributed by atoms with E-state index in [0.29, 0.717) is 46.4 Å². The maximum absolute atomic E-state index is 12.6. The topological polar surface area (TPSA) is 81.9 Å². The molecule has 7 heteroatoms. The number of hydrogen-bond acceptors (Lipinski definition) is 6. The van der Waals surface area contributed by atoms with E-state index in [2.05, 4.69) is 4.98 Å². The first-order chi connectivity index (χ1) is 16.1. The van der Waals surface area contributed by atoms with E-state index < -0.39 is 0 Å². The second-order valence-electron chi connectivity index (χ2n) is 7.53. The van der Waals surface area contributed by atoms with E-state index in [0.717, 1.165) is 5.56 Å². The van der Waals surface area contributed by atoms with E-state index in [1.165, 1.54) is 11.2 Å². The highest BCUT2D eigenvalue weighted by Crippen LogP contribution is 2.33. The van der Waals surface area contributed by atoms with Crippen molar-refractivity contribution < 1.29 is 23.5 Å². The number of benzene rings is 3. The summed E-state index contributed by atoms with van der Waals surface area (Å²) in [6.45, 7) is 0.417. The Labute approximate surface area is 190 Å². The molecular formula is C26H20N2O5. The smallest absolute Gasteiger partial charge is 0.261 e. The first kappa shape index (κ1) is 20.5. The molecule has 0 N–H and O–H groups in total. The fourth-order valence-electron chi connectivity index (χ4n) is 3.71. The molecule has 0 aliphatic carbocycles. The van der Waals surface area contributed by atoms with Crippen molar-refractivity contribution in [3.8, 4) is 23.0 Å². The van der Waals surface area contributed by atoms with Gasteiger partial charge < -0.3 is 13.9 Å². The molecule has 0 saturated carbocycles. The first-order valence-corrected chi connectivity index (χ1v) is 10.4. The number of aromatic nitrogens is 1. The minimum absolute atomic E-state index is 0.0311. The lowest BCUT2D eigenvalue weighted by molar-refractivity contribution is 0.0640. The molecule has 1 aliphatic rings. The summed E-state index contributed by atoms with van der Waals surface area (Å²) >= 11 is 0. The highest BCUT2D eigenvalue weighted by Gasteiger charge is 2.35. The number of amides is 2. The molecule has 5 rings (SSSR count). The van der Waals surface area contributed by atoms with Gasteiger partial charge in [0.1, 0.15) is 12.9 Å². The van der Waals surface area contributed by atoms with E-state index >= 15 is 0 Å². The summed E-state index contributed by atoms with van der Waals surface area (Å²) in [4.78, 5) is 30.9. The van der Waals surface area contributed by atoms with Crippen LogP contribution in [-0.4, -0.2) is 28.8 Å². The number of fused-ring (bicyclic) bond motifs is 1. The van der Waals surface area contributed by atoms with Gasteiger partial charge in [-0.1, -0.05) is 42.5 Å². The van der Waals surface area contributed by atoms with Crippen LogP contribution in [-0.2, 0) is 13.2 Å². The highest BCUT2D eigenvalue weighted by molar-refractivity contribution is 6.21. The molecule has 2 amide bonds. The second-order valence-corrected chi connectivity index (χ2v) is 7.53. The van der Waals surface area contributed by atoms with Crippen molar-refractivity contribution in [3.63, 3.8) is 0 Å². The molecule has 1 aromatic heterocycles. The molecule has 4 aromatic rings. The van der Waals surface area contributed by atoms with Gasteiger partial charge in [-0.15, -0.1) is 0 Å². The Morgan fingerprint density at radius 2 is 1.58 bits per heavy atom. The molecule has 0 bridgehead atoms. The van der Waals surface area contributed by atoms with Crippen molar-refractivity contribution in [2.75, 3.05) is 7.11 Å². The first-order valence-electron chi connectivity index (χ1n) is 10.4. The van der Waals surface area contributed by atoms with Crippen LogP contribution in [0.4, 0.5) is 0 Å². The van der Waals surface area contributed by atoms with Gasteiger partial charge in [-0.2, -0.15) is 0 Å². The third-order valence-electron chi connectivity index (χ3n) is 5.40. The summed E-state index contributed by atoms with van der Waals surface area (Å²) in [6, 6.07) is 22.0. The van der Waals surface area contributed by atoms with Crippen LogP contribution in [0.3, 0.4) is 0 Å². The Hall–Kier alpha value is -4.39. The average Bonchev–Trinajstić information content (AvgIpc) is 3.42. The number of nitrogens with zero attached hydrogens (tertiary/aromatic N) is 2. The molecule has 0 unspecified atom stereocenters. The number of oxazole rings is 1. The normalized spacial score (nSPS) is 12.7. The van der Waals surface area contributed by atoms with Crippen LogP contribution in [0.25, 0.3) is 11.5 Å². The van der Waals surface area contributed by atoms with E-state index in [9.17, 15) is 9.59 Å². The number of carbonyl (C=O) groups excluding carboxylic acids is 2. The quantitative estimate of drug-likeness (QED) is 0.387. The molecule has 0 saturated heterocycles. The van der Waals surface area contributed by atoms with Crippen LogP contribution in [0, 0.1) is 0 Å². The minimum Gasteiger partial charge on any atom is -0.493 e. The Kier molecular flexibility index (Phi) is 5.36. The van der Waals surface area contributed by atoms with Crippen LogP contribution in [0.1, 0.15) is 32.0 Å². The molecule has 2 heterocycles. The third kappa shape index (κ3) is 3.96. The lowest BCUT2D eigenvalue weighted by Crippen LogP contribution is -2.29. The molecule has 0 radical (unpaired) electrons. The Morgan fingerprint density at radius 1 is 0.879 bits per heavy atom. The molecule has 0 fully saturated rings. The van der Waals surface area contributed by atoms with Gasteiger partial charge in [0.15, 0.2) is 11.5 Å². The SMILES string of the molecule is COc1ccc(-c2nc(CN3C(=O)c4ccccc4C3=O)co2)cc1OCc1ccccc1. The van der Waals surface area contributed by atoms with Crippen molar-refractivity contribution in [2.45, 2.75) is 13.2 Å². The molecular weight excluding hydrogens is 420 g/mol. The molecule has 164 valence electrons. The molecule has 3 aromatic carbocycles. The summed E-state index contributed by atoms with van der Waals surface area (Å²) < 4.78 is 17.0. The Bertz CT molecular complexity index is 1290. The zero-order valence-corrected chi connectivity index (χ0v) is 17.9. The van der Waals surface area contributed by atoms with Crippen LogP contribution >= 0.6 is 0 Å². The van der Waals surface area contributed by atoms with Crippen LogP contribution < -0.4 is 9.47 Å². The number of methoxy groups -OCH3 is 1. The largest absolute Gasteiger partial charge is 0.493 e. The fourth-order valence-corrected chi connectivity index (χ4v) is 3.71. The lowest BCUT2D eigenvalue weighted by Gasteiger charge is -2.12. The molecule has 7 nitrogen and oxygen atoms in total. The van der Waals surface area contributed by atoms with E-state index in [-0.39, 0.29) is 18.4 Å². The van der Waals surface area contributed by atoms with Gasteiger partial charge >= 0.3 is 0 Å². The van der Waals surface area contributed by atoms with Gasteiger partial charge in [-0.05, 0) is 35.9 Å². The Morgan fingerprint density at radius 3 is 2.27 bits per heavy atom. The number of hydrogen-bond donors (Lipinski definition) is 0. The van der Waals surface area contributed by atoms with Crippen molar-refractivity contribution in [1.29, 1.82) is 0 Å². The standard InChI is InChI=1S/C26H20N2O5/c1-31-22-12-11-18(13-23(22)32-15-17-7-3-2-4-8-17)24-27-19(16-33-24)14-28-25(29)20-9-5-6-10-21(20)26(28)30/h2-13,16H,14-15H2,1H3. The fraction of sp³-hybridized carbons (Fsp3) is 0.115. The zero-order chi connectivity index (χ0) is 22.8. The maximum atomic E-state index is 12.6. The molecule has 0 atom stereocenters. The van der Waals surface area contributed by atoms with Gasteiger partial charge in [-0.3, -0.25) is 14.5 Å². The van der Waals surface area contributed by atoms with Crippen LogP contribution in [0.5, 0.6) is 11.5 Å². The molecule has 1 aliphatic heterocycles. The van der Waals surface area contributed by atoms with E-state index in [4.69, 9.17) is 13.9 Å². The van der Waals surface area contributed by atoms with E-state index in [1.807, 2.05) is 36.4 Å². The molecule has 33 heavy (non-hydrogen) atoms. The monoisotopic (exact) mass is 440 g/mol. The maximum Gasteiger partial charge on any atom is 0.261 e. The van der Waals surface area contributed by atoms with Crippen LogP contribution in [0.2, 0.25) is 0 Å². The summed E-state index contributed by atoms with van der Waals surface area (Å²) in [5, 5.41) is 0. The van der Waals surface area contributed by atoms with Crippen molar-refractivity contribution in [3.05, 3.63) is 101 Å².